The molecule has 0 aliphatic carbocycles. The molecule has 0 aliphatic rings. The van der Waals surface area contributed by atoms with Crippen LogP contribution >= 0.6 is 21.6 Å². The van der Waals surface area contributed by atoms with Gasteiger partial charge >= 0.3 is 12.4 Å². The number of methoxy groups -OCH3 is 2. The monoisotopic (exact) mass is 444 g/mol. The Morgan fingerprint density at radius 3 is 1.25 bits per heavy atom. The highest BCUT2D eigenvalue weighted by Crippen LogP contribution is 2.49. The van der Waals surface area contributed by atoms with Gasteiger partial charge in [-0.2, -0.15) is 26.3 Å². The van der Waals surface area contributed by atoms with Crippen molar-refractivity contribution in [3.63, 3.8) is 0 Å². The quantitative estimate of drug-likeness (QED) is 0.350. The van der Waals surface area contributed by atoms with Crippen LogP contribution in [0.4, 0.5) is 37.7 Å². The first-order valence-corrected chi connectivity index (χ1v) is 9.47. The molecule has 4 nitrogen and oxygen atoms in total. The van der Waals surface area contributed by atoms with Crippen molar-refractivity contribution in [1.29, 1.82) is 0 Å². The second-order valence-electron chi connectivity index (χ2n) is 5.34. The maximum atomic E-state index is 13.0. The lowest BCUT2D eigenvalue weighted by Gasteiger charge is -2.16. The molecule has 0 bridgehead atoms. The fourth-order valence-electron chi connectivity index (χ4n) is 2.17. The summed E-state index contributed by atoms with van der Waals surface area (Å²) in [6.07, 6.45) is -9.30. The Hall–Kier alpha value is -2.08. The van der Waals surface area contributed by atoms with Crippen LogP contribution in [-0.4, -0.2) is 14.2 Å². The predicted molar refractivity (Wildman–Crippen MR) is 96.5 cm³/mol. The minimum atomic E-state index is -4.65. The van der Waals surface area contributed by atoms with Gasteiger partial charge in [0.2, 0.25) is 0 Å². The number of rotatable bonds is 5. The number of anilines is 2. The van der Waals surface area contributed by atoms with Gasteiger partial charge in [-0.3, -0.25) is 0 Å². The first kappa shape index (κ1) is 22.2. The Kier molecular flexibility index (Phi) is 6.44. The SMILES string of the molecule is COc1cc(SSc2cc(OC)c(C(F)(F)F)cc2N)c(N)cc1C(F)(F)F. The van der Waals surface area contributed by atoms with Gasteiger partial charge in [0.15, 0.2) is 0 Å². The summed E-state index contributed by atoms with van der Waals surface area (Å²) in [7, 11) is 4.02. The third-order valence-electron chi connectivity index (χ3n) is 3.50. The highest BCUT2D eigenvalue weighted by Gasteiger charge is 2.36. The summed E-state index contributed by atoms with van der Waals surface area (Å²) in [6.45, 7) is 0. The first-order valence-electron chi connectivity index (χ1n) is 7.32. The van der Waals surface area contributed by atoms with E-state index in [4.69, 9.17) is 20.9 Å². The maximum absolute atomic E-state index is 13.0. The van der Waals surface area contributed by atoms with Crippen molar-refractivity contribution >= 4 is 33.0 Å². The van der Waals surface area contributed by atoms with Crippen molar-refractivity contribution in [3.8, 4) is 11.5 Å². The third kappa shape index (κ3) is 4.85. The summed E-state index contributed by atoms with van der Waals surface area (Å²) < 4.78 is 87.5. The largest absolute Gasteiger partial charge is 0.496 e. The van der Waals surface area contributed by atoms with Gasteiger partial charge < -0.3 is 20.9 Å². The van der Waals surface area contributed by atoms with Crippen molar-refractivity contribution < 1.29 is 35.8 Å². The molecule has 154 valence electrons. The van der Waals surface area contributed by atoms with Gasteiger partial charge in [0, 0.05) is 21.2 Å². The zero-order valence-corrected chi connectivity index (χ0v) is 16.0. The van der Waals surface area contributed by atoms with E-state index in [1.807, 2.05) is 0 Å². The molecule has 2 rings (SSSR count). The second-order valence-corrected chi connectivity index (χ2v) is 7.56. The molecule has 0 saturated carbocycles. The zero-order valence-electron chi connectivity index (χ0n) is 14.4. The predicted octanol–water partition coefficient (Wildman–Crippen LogP) is 5.71. The molecule has 2 aromatic rings. The topological polar surface area (TPSA) is 70.5 Å². The van der Waals surface area contributed by atoms with Crippen LogP contribution in [0.2, 0.25) is 0 Å². The smallest absolute Gasteiger partial charge is 0.420 e. The Labute approximate surface area is 163 Å². The van der Waals surface area contributed by atoms with Crippen molar-refractivity contribution in [1.82, 2.24) is 0 Å². The number of hydrogen-bond donors (Lipinski definition) is 2. The molecule has 0 amide bonds. The van der Waals surface area contributed by atoms with E-state index in [-0.39, 0.29) is 21.2 Å². The average molecular weight is 444 g/mol. The molecule has 0 spiro atoms. The number of alkyl halides is 6. The third-order valence-corrected chi connectivity index (χ3v) is 5.97. The van der Waals surface area contributed by atoms with Gasteiger partial charge in [0.1, 0.15) is 11.5 Å². The van der Waals surface area contributed by atoms with Gasteiger partial charge in [-0.25, -0.2) is 0 Å². The maximum Gasteiger partial charge on any atom is 0.420 e. The summed E-state index contributed by atoms with van der Waals surface area (Å²) in [5.41, 5.74) is 8.99. The van der Waals surface area contributed by atoms with Crippen molar-refractivity contribution in [2.75, 3.05) is 25.7 Å². The fraction of sp³-hybridized carbons (Fsp3) is 0.250. The summed E-state index contributed by atoms with van der Waals surface area (Å²) >= 11 is 0. The lowest BCUT2D eigenvalue weighted by molar-refractivity contribution is -0.139. The van der Waals surface area contributed by atoms with Gasteiger partial charge in [0.25, 0.3) is 0 Å². The zero-order chi connectivity index (χ0) is 21.3. The number of benzene rings is 2. The number of nitrogen functional groups attached to an aromatic ring is 2. The van der Waals surface area contributed by atoms with E-state index >= 15 is 0 Å². The minimum absolute atomic E-state index is 0.164. The van der Waals surface area contributed by atoms with Crippen LogP contribution in [0.25, 0.3) is 0 Å². The molecule has 0 aliphatic heterocycles. The van der Waals surface area contributed by atoms with Crippen molar-refractivity contribution in [2.24, 2.45) is 0 Å². The molecular formula is C16H14F6N2O2S2. The summed E-state index contributed by atoms with van der Waals surface area (Å²) in [6, 6.07) is 3.68. The molecule has 0 heterocycles. The van der Waals surface area contributed by atoms with E-state index in [2.05, 4.69) is 0 Å². The highest BCUT2D eigenvalue weighted by molar-refractivity contribution is 8.76. The van der Waals surface area contributed by atoms with E-state index < -0.39 is 35.0 Å². The Balaban J connectivity index is 2.34. The Morgan fingerprint density at radius 1 is 0.679 bits per heavy atom. The lowest BCUT2D eigenvalue weighted by atomic mass is 10.1. The van der Waals surface area contributed by atoms with E-state index in [0.717, 1.165) is 60.1 Å². The normalized spacial score (nSPS) is 12.1. The van der Waals surface area contributed by atoms with Gasteiger partial charge in [-0.1, -0.05) is 21.6 Å². The summed E-state index contributed by atoms with van der Waals surface area (Å²) in [5.74, 6) is -0.856. The molecule has 28 heavy (non-hydrogen) atoms. The van der Waals surface area contributed by atoms with Gasteiger partial charge in [0.05, 0.1) is 25.3 Å². The highest BCUT2D eigenvalue weighted by atomic mass is 33.1. The van der Waals surface area contributed by atoms with Crippen LogP contribution in [0.5, 0.6) is 11.5 Å². The average Bonchev–Trinajstić information content (AvgIpc) is 2.59. The van der Waals surface area contributed by atoms with Crippen LogP contribution in [0.15, 0.2) is 34.1 Å². The van der Waals surface area contributed by atoms with Gasteiger partial charge in [-0.15, -0.1) is 0 Å². The van der Waals surface area contributed by atoms with Crippen LogP contribution in [-0.2, 0) is 12.4 Å². The number of halogens is 6. The van der Waals surface area contributed by atoms with Crippen molar-refractivity contribution in [2.45, 2.75) is 22.1 Å². The number of hydrogen-bond acceptors (Lipinski definition) is 6. The van der Waals surface area contributed by atoms with Crippen LogP contribution in [0.1, 0.15) is 11.1 Å². The Morgan fingerprint density at radius 2 is 1.00 bits per heavy atom. The first-order chi connectivity index (χ1) is 12.9. The molecule has 0 aromatic heterocycles. The molecule has 2 aromatic carbocycles. The summed E-state index contributed by atoms with van der Waals surface area (Å²) in [5, 5.41) is 0. The lowest BCUT2D eigenvalue weighted by Crippen LogP contribution is -2.09. The van der Waals surface area contributed by atoms with E-state index in [9.17, 15) is 26.3 Å². The second kappa shape index (κ2) is 8.11. The minimum Gasteiger partial charge on any atom is -0.496 e. The molecular weight excluding hydrogens is 430 g/mol. The number of nitrogens with two attached hydrogens (primary N) is 2. The van der Waals surface area contributed by atoms with Crippen LogP contribution in [0.3, 0.4) is 0 Å². The molecule has 0 saturated heterocycles. The summed E-state index contributed by atoms with van der Waals surface area (Å²) in [4.78, 5) is 0.459. The standard InChI is InChI=1S/C16H14F6N2O2S2/c1-25-11-5-13(9(23)3-7(11)15(17,18)19)27-28-14-6-12(26-2)8(4-10(14)24)16(20,21)22/h3-6H,23-24H2,1-2H3. The van der Waals surface area contributed by atoms with Gasteiger partial charge in [-0.05, 0) is 24.3 Å². The molecule has 0 atom stereocenters. The van der Waals surface area contributed by atoms with E-state index in [1.165, 1.54) is 0 Å². The molecule has 0 unspecified atom stereocenters. The van der Waals surface area contributed by atoms with Crippen LogP contribution in [0, 0.1) is 0 Å². The fourth-order valence-corrected chi connectivity index (χ4v) is 4.38. The van der Waals surface area contributed by atoms with E-state index in [1.54, 1.807) is 0 Å². The number of ether oxygens (including phenoxy) is 2. The molecule has 0 radical (unpaired) electrons. The van der Waals surface area contributed by atoms with E-state index in [0.29, 0.717) is 0 Å². The molecule has 4 N–H and O–H groups in total. The van der Waals surface area contributed by atoms with Crippen molar-refractivity contribution in [3.05, 3.63) is 35.4 Å². The molecule has 0 fully saturated rings. The molecule has 12 heteroatoms. The van der Waals surface area contributed by atoms with Crippen LogP contribution < -0.4 is 20.9 Å². The Bertz CT molecular complexity index is 800.